The molecule has 0 aliphatic rings. The molecule has 9 heteroatoms. The van der Waals surface area contributed by atoms with Crippen molar-refractivity contribution in [3.8, 4) is 0 Å². The number of esters is 1. The zero-order valence-corrected chi connectivity index (χ0v) is 16.4. The standard InChI is InChI=1S/C22H19F3N2O4/c1-2-31-19(28)21(30,22(23,24)25)16-8-11-17(12-9-16)26-20(29)27-18-10-7-14-5-3-4-6-15(14)13-18/h3-13,30H,2H2,1H3,(H2,26,27,29)/t21-/m0/s1. The lowest BCUT2D eigenvalue weighted by molar-refractivity contribution is -0.267. The molecule has 3 aromatic rings. The molecule has 6 nitrogen and oxygen atoms in total. The van der Waals surface area contributed by atoms with Gasteiger partial charge in [0.1, 0.15) is 0 Å². The normalized spacial score (nSPS) is 13.3. The maximum Gasteiger partial charge on any atom is 0.432 e. The van der Waals surface area contributed by atoms with Crippen molar-refractivity contribution in [1.29, 1.82) is 0 Å². The van der Waals surface area contributed by atoms with Gasteiger partial charge >= 0.3 is 18.2 Å². The number of anilines is 2. The number of carbonyl (C=O) groups is 2. The molecular weight excluding hydrogens is 413 g/mol. The molecule has 3 N–H and O–H groups in total. The number of rotatable bonds is 5. The van der Waals surface area contributed by atoms with Crippen LogP contribution in [0, 0.1) is 0 Å². The Bertz CT molecular complexity index is 1100. The number of halogens is 3. The Labute approximate surface area is 175 Å². The summed E-state index contributed by atoms with van der Waals surface area (Å²) in [5, 5.41) is 17.1. The average Bonchev–Trinajstić information content (AvgIpc) is 2.73. The zero-order chi connectivity index (χ0) is 22.6. The van der Waals surface area contributed by atoms with E-state index in [9.17, 15) is 27.9 Å². The van der Waals surface area contributed by atoms with E-state index in [0.29, 0.717) is 5.69 Å². The first-order valence-corrected chi connectivity index (χ1v) is 9.29. The molecule has 31 heavy (non-hydrogen) atoms. The zero-order valence-electron chi connectivity index (χ0n) is 16.4. The van der Waals surface area contributed by atoms with E-state index < -0.39 is 29.3 Å². The van der Waals surface area contributed by atoms with E-state index in [2.05, 4.69) is 15.4 Å². The highest BCUT2D eigenvalue weighted by atomic mass is 19.4. The molecule has 3 rings (SSSR count). The minimum Gasteiger partial charge on any atom is -0.463 e. The topological polar surface area (TPSA) is 87.7 Å². The predicted molar refractivity (Wildman–Crippen MR) is 110 cm³/mol. The molecular formula is C22H19F3N2O4. The van der Waals surface area contributed by atoms with Gasteiger partial charge in [-0.25, -0.2) is 9.59 Å². The van der Waals surface area contributed by atoms with Crippen molar-refractivity contribution < 1.29 is 32.6 Å². The van der Waals surface area contributed by atoms with Crippen LogP contribution in [0.4, 0.5) is 29.3 Å². The maximum absolute atomic E-state index is 13.4. The number of ether oxygens (including phenoxy) is 1. The van der Waals surface area contributed by atoms with Crippen LogP contribution in [0.25, 0.3) is 10.8 Å². The van der Waals surface area contributed by atoms with Gasteiger partial charge in [-0.1, -0.05) is 42.5 Å². The molecule has 0 saturated heterocycles. The molecule has 0 radical (unpaired) electrons. The molecule has 0 heterocycles. The third-order valence-electron chi connectivity index (χ3n) is 4.55. The molecule has 0 aromatic heterocycles. The van der Waals surface area contributed by atoms with E-state index in [-0.39, 0.29) is 12.3 Å². The fourth-order valence-corrected chi connectivity index (χ4v) is 2.99. The second-order valence-corrected chi connectivity index (χ2v) is 6.65. The van der Waals surface area contributed by atoms with E-state index >= 15 is 0 Å². The van der Waals surface area contributed by atoms with Crippen LogP contribution < -0.4 is 10.6 Å². The highest BCUT2D eigenvalue weighted by Crippen LogP contribution is 2.40. The van der Waals surface area contributed by atoms with Gasteiger partial charge in [-0.3, -0.25) is 0 Å². The van der Waals surface area contributed by atoms with Gasteiger partial charge in [0.15, 0.2) is 0 Å². The number of benzene rings is 3. The molecule has 162 valence electrons. The number of amides is 2. The average molecular weight is 432 g/mol. The summed E-state index contributed by atoms with van der Waals surface area (Å²) < 4.78 is 44.6. The lowest BCUT2D eigenvalue weighted by Gasteiger charge is -2.28. The van der Waals surface area contributed by atoms with Crippen LogP contribution in [-0.2, 0) is 15.1 Å². The van der Waals surface area contributed by atoms with Crippen LogP contribution >= 0.6 is 0 Å². The number of hydrogen-bond donors (Lipinski definition) is 3. The Hall–Kier alpha value is -3.59. The van der Waals surface area contributed by atoms with Crippen LogP contribution in [-0.4, -0.2) is 29.9 Å². The van der Waals surface area contributed by atoms with Gasteiger partial charge in [0, 0.05) is 16.9 Å². The van der Waals surface area contributed by atoms with E-state index in [4.69, 9.17) is 0 Å². The molecule has 0 spiro atoms. The maximum atomic E-state index is 13.4. The number of alkyl halides is 3. The SMILES string of the molecule is CCOC(=O)[C@@](O)(c1ccc(NC(=O)Nc2ccc3ccccc3c2)cc1)C(F)(F)F. The number of nitrogens with one attached hydrogen (secondary N) is 2. The fraction of sp³-hybridized carbons (Fsp3) is 0.182. The summed E-state index contributed by atoms with van der Waals surface area (Å²) >= 11 is 0. The summed E-state index contributed by atoms with van der Waals surface area (Å²) in [6.45, 7) is 1.00. The van der Waals surface area contributed by atoms with Gasteiger partial charge in [0.25, 0.3) is 5.60 Å². The largest absolute Gasteiger partial charge is 0.463 e. The molecule has 2 amide bonds. The lowest BCUT2D eigenvalue weighted by Crippen LogP contribution is -2.50. The predicted octanol–water partition coefficient (Wildman–Crippen LogP) is 4.80. The third-order valence-corrected chi connectivity index (χ3v) is 4.55. The van der Waals surface area contributed by atoms with Crippen LogP contribution in [0.2, 0.25) is 0 Å². The van der Waals surface area contributed by atoms with Crippen molar-refractivity contribution in [2.24, 2.45) is 0 Å². The van der Waals surface area contributed by atoms with Gasteiger partial charge in [0.05, 0.1) is 6.61 Å². The van der Waals surface area contributed by atoms with Gasteiger partial charge in [-0.2, -0.15) is 13.2 Å². The Kier molecular flexibility index (Phi) is 6.16. The van der Waals surface area contributed by atoms with E-state index in [0.717, 1.165) is 35.0 Å². The van der Waals surface area contributed by atoms with E-state index in [1.165, 1.54) is 6.92 Å². The summed E-state index contributed by atoms with van der Waals surface area (Å²) in [6.07, 6.45) is -5.29. The molecule has 0 unspecified atom stereocenters. The van der Waals surface area contributed by atoms with Crippen molar-refractivity contribution in [3.63, 3.8) is 0 Å². The number of hydrogen-bond acceptors (Lipinski definition) is 4. The highest BCUT2D eigenvalue weighted by molar-refractivity contribution is 6.01. The summed E-state index contributed by atoms with van der Waals surface area (Å²) in [5.41, 5.74) is -3.84. The Morgan fingerprint density at radius 2 is 1.48 bits per heavy atom. The summed E-state index contributed by atoms with van der Waals surface area (Å²) in [5.74, 6) is -1.82. The highest BCUT2D eigenvalue weighted by Gasteiger charge is 2.62. The van der Waals surface area contributed by atoms with Gasteiger partial charge in [-0.15, -0.1) is 0 Å². The second-order valence-electron chi connectivity index (χ2n) is 6.65. The van der Waals surface area contributed by atoms with E-state index in [1.807, 2.05) is 30.3 Å². The molecule has 0 bridgehead atoms. The lowest BCUT2D eigenvalue weighted by atomic mass is 9.93. The van der Waals surface area contributed by atoms with Crippen molar-refractivity contribution in [1.82, 2.24) is 0 Å². The number of carbonyl (C=O) groups excluding carboxylic acids is 2. The van der Waals surface area contributed by atoms with Crippen LogP contribution in [0.5, 0.6) is 0 Å². The number of aliphatic hydroxyl groups is 1. The first kappa shape index (κ1) is 22.1. The monoisotopic (exact) mass is 432 g/mol. The molecule has 0 aliphatic heterocycles. The van der Waals surface area contributed by atoms with Gasteiger partial charge < -0.3 is 20.5 Å². The fourth-order valence-electron chi connectivity index (χ4n) is 2.99. The Morgan fingerprint density at radius 1 is 0.903 bits per heavy atom. The minimum absolute atomic E-state index is 0.162. The van der Waals surface area contributed by atoms with Crippen molar-refractivity contribution in [3.05, 3.63) is 72.3 Å². The minimum atomic E-state index is -5.29. The van der Waals surface area contributed by atoms with Crippen LogP contribution in [0.3, 0.4) is 0 Å². The number of fused-ring (bicyclic) bond motifs is 1. The van der Waals surface area contributed by atoms with E-state index in [1.54, 1.807) is 12.1 Å². The van der Waals surface area contributed by atoms with Crippen molar-refractivity contribution in [2.75, 3.05) is 17.2 Å². The molecule has 0 aliphatic carbocycles. The van der Waals surface area contributed by atoms with Gasteiger partial charge in [-0.05, 0) is 42.0 Å². The van der Waals surface area contributed by atoms with Gasteiger partial charge in [0.2, 0.25) is 0 Å². The first-order valence-electron chi connectivity index (χ1n) is 9.29. The Morgan fingerprint density at radius 3 is 2.10 bits per heavy atom. The second kappa shape index (κ2) is 8.65. The summed E-state index contributed by atoms with van der Waals surface area (Å²) in [4.78, 5) is 24.0. The smallest absolute Gasteiger partial charge is 0.432 e. The summed E-state index contributed by atoms with van der Waals surface area (Å²) in [6, 6.07) is 16.4. The molecule has 3 aromatic carbocycles. The number of urea groups is 1. The van der Waals surface area contributed by atoms with Crippen molar-refractivity contribution >= 4 is 34.1 Å². The summed E-state index contributed by atoms with van der Waals surface area (Å²) in [7, 11) is 0. The molecule has 0 saturated carbocycles. The Balaban J connectivity index is 1.74. The molecule has 0 fully saturated rings. The van der Waals surface area contributed by atoms with Crippen molar-refractivity contribution in [2.45, 2.75) is 18.7 Å². The first-order chi connectivity index (χ1) is 14.6. The quantitative estimate of drug-likeness (QED) is 0.506. The van der Waals surface area contributed by atoms with Crippen LogP contribution in [0.15, 0.2) is 66.7 Å². The molecule has 1 atom stereocenters. The third kappa shape index (κ3) is 4.61. The van der Waals surface area contributed by atoms with Crippen LogP contribution in [0.1, 0.15) is 12.5 Å².